The van der Waals surface area contributed by atoms with Crippen molar-refractivity contribution in [1.29, 1.82) is 0 Å². The Kier molecular flexibility index (Phi) is 4.28. The number of carbonyl (C=O) groups is 1. The van der Waals surface area contributed by atoms with E-state index in [4.69, 9.17) is 0 Å². The molecule has 0 atom stereocenters. The maximum absolute atomic E-state index is 11.5. The average molecular weight is 291 g/mol. The smallest absolute Gasteiger partial charge is 0.236 e. The van der Waals surface area contributed by atoms with E-state index in [2.05, 4.69) is 26.2 Å². The standard InChI is InChI=1S/C10H15BrN2OS/c1-7-6-15-8(13-7)4-5-12-9(14)10(2,3)11/h6H,4-5H2,1-3H3,(H,12,14). The highest BCUT2D eigenvalue weighted by Crippen LogP contribution is 2.15. The number of aromatic nitrogens is 1. The zero-order valence-corrected chi connectivity index (χ0v) is 11.5. The van der Waals surface area contributed by atoms with E-state index in [1.54, 1.807) is 11.3 Å². The van der Waals surface area contributed by atoms with Gasteiger partial charge in [-0.05, 0) is 20.8 Å². The fourth-order valence-corrected chi connectivity index (χ4v) is 1.93. The normalized spacial score (nSPS) is 11.5. The Morgan fingerprint density at radius 1 is 1.67 bits per heavy atom. The van der Waals surface area contributed by atoms with Gasteiger partial charge in [0.2, 0.25) is 5.91 Å². The van der Waals surface area contributed by atoms with E-state index in [1.165, 1.54) is 0 Å². The molecule has 0 aliphatic rings. The monoisotopic (exact) mass is 290 g/mol. The molecule has 0 aromatic carbocycles. The summed E-state index contributed by atoms with van der Waals surface area (Å²) in [6.45, 7) is 6.27. The van der Waals surface area contributed by atoms with Crippen molar-refractivity contribution in [1.82, 2.24) is 10.3 Å². The SMILES string of the molecule is Cc1csc(CCNC(=O)C(C)(C)Br)n1. The van der Waals surface area contributed by atoms with Crippen molar-refractivity contribution in [2.75, 3.05) is 6.54 Å². The first-order valence-corrected chi connectivity index (χ1v) is 6.45. The van der Waals surface area contributed by atoms with Gasteiger partial charge in [-0.1, -0.05) is 15.9 Å². The van der Waals surface area contributed by atoms with E-state index in [-0.39, 0.29) is 5.91 Å². The summed E-state index contributed by atoms with van der Waals surface area (Å²) in [6, 6.07) is 0. The van der Waals surface area contributed by atoms with E-state index in [9.17, 15) is 4.79 Å². The predicted molar refractivity (Wildman–Crippen MR) is 66.6 cm³/mol. The second-order valence-electron chi connectivity index (χ2n) is 3.86. The van der Waals surface area contributed by atoms with Crippen LogP contribution in [0.15, 0.2) is 5.38 Å². The molecule has 0 saturated heterocycles. The molecule has 0 bridgehead atoms. The molecule has 1 heterocycles. The van der Waals surface area contributed by atoms with Gasteiger partial charge < -0.3 is 5.32 Å². The lowest BCUT2D eigenvalue weighted by atomic mass is 10.2. The van der Waals surface area contributed by atoms with Crippen LogP contribution in [0.5, 0.6) is 0 Å². The molecule has 1 aromatic rings. The third-order valence-corrected chi connectivity index (χ3v) is 3.22. The first-order valence-electron chi connectivity index (χ1n) is 4.78. The molecule has 0 aliphatic heterocycles. The second kappa shape index (κ2) is 5.07. The number of aryl methyl sites for hydroxylation is 1. The Balaban J connectivity index is 2.31. The number of nitrogens with one attached hydrogen (secondary N) is 1. The van der Waals surface area contributed by atoms with Crippen molar-refractivity contribution < 1.29 is 4.79 Å². The largest absolute Gasteiger partial charge is 0.354 e. The fourth-order valence-electron chi connectivity index (χ4n) is 1.01. The minimum Gasteiger partial charge on any atom is -0.354 e. The van der Waals surface area contributed by atoms with E-state index >= 15 is 0 Å². The second-order valence-corrected chi connectivity index (χ2v) is 6.79. The molecule has 0 unspecified atom stereocenters. The Morgan fingerprint density at radius 2 is 2.33 bits per heavy atom. The number of rotatable bonds is 4. The van der Waals surface area contributed by atoms with Gasteiger partial charge in [0.1, 0.15) is 0 Å². The highest BCUT2D eigenvalue weighted by atomic mass is 79.9. The number of thiazole rings is 1. The minimum atomic E-state index is -0.494. The van der Waals surface area contributed by atoms with Gasteiger partial charge in [-0.25, -0.2) is 4.98 Å². The third-order valence-electron chi connectivity index (χ3n) is 1.83. The minimum absolute atomic E-state index is 0.00998. The molecule has 0 fully saturated rings. The van der Waals surface area contributed by atoms with Gasteiger partial charge in [0.25, 0.3) is 0 Å². The van der Waals surface area contributed by atoms with Gasteiger partial charge in [0.15, 0.2) is 0 Å². The summed E-state index contributed by atoms with van der Waals surface area (Å²) in [7, 11) is 0. The lowest BCUT2D eigenvalue weighted by Gasteiger charge is -2.15. The lowest BCUT2D eigenvalue weighted by molar-refractivity contribution is -0.122. The summed E-state index contributed by atoms with van der Waals surface area (Å²) < 4.78 is -0.494. The average Bonchev–Trinajstić information content (AvgIpc) is 2.49. The molecular weight excluding hydrogens is 276 g/mol. The first kappa shape index (κ1) is 12.6. The topological polar surface area (TPSA) is 42.0 Å². The van der Waals surface area contributed by atoms with Crippen molar-refractivity contribution in [2.24, 2.45) is 0 Å². The summed E-state index contributed by atoms with van der Waals surface area (Å²) in [5.74, 6) is 0.00998. The van der Waals surface area contributed by atoms with Crippen LogP contribution in [0.1, 0.15) is 24.5 Å². The molecule has 0 aliphatic carbocycles. The Hall–Kier alpha value is -0.420. The van der Waals surface area contributed by atoms with Gasteiger partial charge in [-0.3, -0.25) is 4.79 Å². The molecule has 5 heteroatoms. The van der Waals surface area contributed by atoms with Crippen LogP contribution in [0.4, 0.5) is 0 Å². The summed E-state index contributed by atoms with van der Waals surface area (Å²) in [4.78, 5) is 15.8. The molecule has 1 amide bonds. The lowest BCUT2D eigenvalue weighted by Crippen LogP contribution is -2.38. The molecule has 3 nitrogen and oxygen atoms in total. The zero-order valence-electron chi connectivity index (χ0n) is 9.13. The van der Waals surface area contributed by atoms with E-state index in [1.807, 2.05) is 26.2 Å². The quantitative estimate of drug-likeness (QED) is 0.865. The van der Waals surface area contributed by atoms with Gasteiger partial charge in [-0.15, -0.1) is 11.3 Å². The molecule has 0 radical (unpaired) electrons. The third kappa shape index (κ3) is 4.30. The molecule has 84 valence electrons. The van der Waals surface area contributed by atoms with Crippen molar-refractivity contribution in [3.63, 3.8) is 0 Å². The summed E-state index contributed by atoms with van der Waals surface area (Å²) in [6.07, 6.45) is 0.799. The van der Waals surface area contributed by atoms with Crippen LogP contribution in [0.2, 0.25) is 0 Å². The van der Waals surface area contributed by atoms with Crippen LogP contribution in [-0.2, 0) is 11.2 Å². The molecule has 1 aromatic heterocycles. The van der Waals surface area contributed by atoms with Gasteiger partial charge in [-0.2, -0.15) is 0 Å². The van der Waals surface area contributed by atoms with Crippen molar-refractivity contribution in [3.8, 4) is 0 Å². The molecule has 0 spiro atoms. The Morgan fingerprint density at radius 3 is 2.80 bits per heavy atom. The molecule has 1 rings (SSSR count). The highest BCUT2D eigenvalue weighted by Gasteiger charge is 2.22. The first-order chi connectivity index (χ1) is 6.89. The molecule has 15 heavy (non-hydrogen) atoms. The van der Waals surface area contributed by atoms with E-state index in [0.717, 1.165) is 17.1 Å². The van der Waals surface area contributed by atoms with Crippen LogP contribution >= 0.6 is 27.3 Å². The number of amides is 1. The van der Waals surface area contributed by atoms with Crippen molar-refractivity contribution >= 4 is 33.2 Å². The summed E-state index contributed by atoms with van der Waals surface area (Å²) in [5.41, 5.74) is 1.04. The Bertz CT molecular complexity index is 343. The maximum Gasteiger partial charge on any atom is 0.236 e. The van der Waals surface area contributed by atoms with Crippen LogP contribution < -0.4 is 5.32 Å². The zero-order chi connectivity index (χ0) is 11.5. The van der Waals surface area contributed by atoms with Crippen LogP contribution in [0, 0.1) is 6.92 Å². The summed E-state index contributed by atoms with van der Waals surface area (Å²) >= 11 is 4.94. The van der Waals surface area contributed by atoms with Crippen LogP contribution in [0.3, 0.4) is 0 Å². The van der Waals surface area contributed by atoms with Gasteiger partial charge >= 0.3 is 0 Å². The van der Waals surface area contributed by atoms with Crippen LogP contribution in [0.25, 0.3) is 0 Å². The van der Waals surface area contributed by atoms with Crippen molar-refractivity contribution in [3.05, 3.63) is 16.1 Å². The van der Waals surface area contributed by atoms with Crippen molar-refractivity contribution in [2.45, 2.75) is 31.5 Å². The van der Waals surface area contributed by atoms with Gasteiger partial charge in [0, 0.05) is 24.0 Å². The number of carbonyl (C=O) groups excluding carboxylic acids is 1. The van der Waals surface area contributed by atoms with E-state index < -0.39 is 4.32 Å². The highest BCUT2D eigenvalue weighted by molar-refractivity contribution is 9.10. The van der Waals surface area contributed by atoms with Crippen LogP contribution in [-0.4, -0.2) is 21.8 Å². The van der Waals surface area contributed by atoms with Gasteiger partial charge in [0.05, 0.1) is 9.33 Å². The maximum atomic E-state index is 11.5. The predicted octanol–water partition coefficient (Wildman–Crippen LogP) is 2.28. The van der Waals surface area contributed by atoms with E-state index in [0.29, 0.717) is 6.54 Å². The molecule has 1 N–H and O–H groups in total. The number of halogens is 1. The fraction of sp³-hybridized carbons (Fsp3) is 0.600. The molecular formula is C10H15BrN2OS. The number of hydrogen-bond donors (Lipinski definition) is 1. The molecule has 0 saturated carbocycles. The Labute approximate surface area is 102 Å². The number of hydrogen-bond acceptors (Lipinski definition) is 3. The number of nitrogens with zero attached hydrogens (tertiary/aromatic N) is 1. The number of alkyl halides is 1. The summed E-state index contributed by atoms with van der Waals surface area (Å²) in [5, 5.41) is 5.95.